The Morgan fingerprint density at radius 2 is 1.94 bits per heavy atom. The molecule has 2 aliphatic rings. The van der Waals surface area contributed by atoms with Crippen LogP contribution in [0.5, 0.6) is 0 Å². The zero-order chi connectivity index (χ0) is 12.5. The van der Waals surface area contributed by atoms with Gasteiger partial charge in [-0.1, -0.05) is 11.6 Å². The Morgan fingerprint density at radius 3 is 2.72 bits per heavy atom. The van der Waals surface area contributed by atoms with Crippen LogP contribution in [-0.4, -0.2) is 37.0 Å². The minimum absolute atomic E-state index is 0.136. The van der Waals surface area contributed by atoms with Gasteiger partial charge in [0.1, 0.15) is 0 Å². The van der Waals surface area contributed by atoms with Gasteiger partial charge in [0.15, 0.2) is 0 Å². The molecule has 2 heterocycles. The summed E-state index contributed by atoms with van der Waals surface area (Å²) in [5, 5.41) is 4.09. The minimum Gasteiger partial charge on any atom is -0.338 e. The Bertz CT molecular complexity index is 446. The zero-order valence-electron chi connectivity index (χ0n) is 10.2. The third-order valence-electron chi connectivity index (χ3n) is 4.08. The Kier molecular flexibility index (Phi) is 3.27. The van der Waals surface area contributed by atoms with E-state index in [0.29, 0.717) is 10.9 Å². The molecule has 2 aliphatic heterocycles. The van der Waals surface area contributed by atoms with Crippen LogP contribution in [0, 0.1) is 11.8 Å². The average molecular weight is 265 g/mol. The molecule has 1 aromatic carbocycles. The first-order valence-electron chi connectivity index (χ1n) is 6.49. The number of nitrogens with zero attached hydrogens (tertiary/aromatic N) is 1. The van der Waals surface area contributed by atoms with E-state index < -0.39 is 0 Å². The molecule has 0 saturated carbocycles. The SMILES string of the molecule is O=C(c1ccc(Cl)cc1)N1CCC2CNCC2C1. The number of halogens is 1. The summed E-state index contributed by atoms with van der Waals surface area (Å²) in [5.74, 6) is 1.53. The van der Waals surface area contributed by atoms with Crippen LogP contribution in [-0.2, 0) is 0 Å². The molecule has 2 atom stereocenters. The highest BCUT2D eigenvalue weighted by molar-refractivity contribution is 6.30. The number of nitrogens with one attached hydrogen (secondary N) is 1. The van der Waals surface area contributed by atoms with Crippen LogP contribution in [0.15, 0.2) is 24.3 Å². The Labute approximate surface area is 112 Å². The maximum atomic E-state index is 12.4. The molecule has 3 rings (SSSR count). The van der Waals surface area contributed by atoms with Crippen molar-refractivity contribution >= 4 is 17.5 Å². The van der Waals surface area contributed by atoms with E-state index in [4.69, 9.17) is 11.6 Å². The van der Waals surface area contributed by atoms with E-state index in [1.165, 1.54) is 0 Å². The van der Waals surface area contributed by atoms with Crippen molar-refractivity contribution in [3.05, 3.63) is 34.9 Å². The standard InChI is InChI=1S/C14H17ClN2O/c15-13-3-1-10(2-4-13)14(18)17-6-5-11-7-16-8-12(11)9-17/h1-4,11-12,16H,5-9H2. The predicted octanol–water partition coefficient (Wildman–Crippen LogP) is 2.02. The molecule has 2 saturated heterocycles. The first kappa shape index (κ1) is 12.0. The first-order chi connectivity index (χ1) is 8.74. The predicted molar refractivity (Wildman–Crippen MR) is 71.8 cm³/mol. The van der Waals surface area contributed by atoms with Crippen molar-refractivity contribution in [2.24, 2.45) is 11.8 Å². The molecule has 1 aromatic rings. The van der Waals surface area contributed by atoms with Crippen molar-refractivity contribution in [2.75, 3.05) is 26.2 Å². The highest BCUT2D eigenvalue weighted by Crippen LogP contribution is 2.27. The number of hydrogen-bond acceptors (Lipinski definition) is 2. The summed E-state index contributed by atoms with van der Waals surface area (Å²) in [4.78, 5) is 14.3. The smallest absolute Gasteiger partial charge is 0.253 e. The summed E-state index contributed by atoms with van der Waals surface area (Å²) in [6, 6.07) is 7.17. The van der Waals surface area contributed by atoms with Gasteiger partial charge in [-0.05, 0) is 55.6 Å². The third-order valence-corrected chi connectivity index (χ3v) is 4.33. The lowest BCUT2D eigenvalue weighted by molar-refractivity contribution is 0.0642. The Hall–Kier alpha value is -1.06. The number of likely N-dealkylation sites (tertiary alicyclic amines) is 1. The molecule has 18 heavy (non-hydrogen) atoms. The lowest BCUT2D eigenvalue weighted by Gasteiger charge is -2.34. The molecule has 1 amide bonds. The molecule has 0 radical (unpaired) electrons. The fourth-order valence-corrected chi connectivity index (χ4v) is 3.12. The number of carbonyl (C=O) groups is 1. The van der Waals surface area contributed by atoms with Crippen LogP contribution in [0.4, 0.5) is 0 Å². The van der Waals surface area contributed by atoms with E-state index in [2.05, 4.69) is 5.32 Å². The molecule has 96 valence electrons. The summed E-state index contributed by atoms with van der Waals surface area (Å²) in [5.41, 5.74) is 0.740. The van der Waals surface area contributed by atoms with E-state index in [1.807, 2.05) is 17.0 Å². The van der Waals surface area contributed by atoms with Gasteiger partial charge < -0.3 is 10.2 Å². The monoisotopic (exact) mass is 264 g/mol. The number of carbonyl (C=O) groups excluding carboxylic acids is 1. The molecule has 3 nitrogen and oxygen atoms in total. The number of rotatable bonds is 1. The van der Waals surface area contributed by atoms with Crippen molar-refractivity contribution < 1.29 is 4.79 Å². The van der Waals surface area contributed by atoms with Gasteiger partial charge in [-0.25, -0.2) is 0 Å². The number of hydrogen-bond donors (Lipinski definition) is 1. The fraction of sp³-hybridized carbons (Fsp3) is 0.500. The normalized spacial score (nSPS) is 27.1. The van der Waals surface area contributed by atoms with E-state index in [1.54, 1.807) is 12.1 Å². The number of fused-ring (bicyclic) bond motifs is 1. The van der Waals surface area contributed by atoms with Gasteiger partial charge in [0.25, 0.3) is 5.91 Å². The second-order valence-corrected chi connectivity index (χ2v) is 5.66. The number of benzene rings is 1. The molecular weight excluding hydrogens is 248 g/mol. The van der Waals surface area contributed by atoms with Gasteiger partial charge >= 0.3 is 0 Å². The number of piperidine rings is 1. The van der Waals surface area contributed by atoms with E-state index in [0.717, 1.165) is 44.1 Å². The van der Waals surface area contributed by atoms with Crippen LogP contribution in [0.25, 0.3) is 0 Å². The summed E-state index contributed by atoms with van der Waals surface area (Å²) < 4.78 is 0. The van der Waals surface area contributed by atoms with Gasteiger partial charge in [0.2, 0.25) is 0 Å². The molecule has 2 unspecified atom stereocenters. The van der Waals surface area contributed by atoms with Crippen molar-refractivity contribution in [2.45, 2.75) is 6.42 Å². The highest BCUT2D eigenvalue weighted by Gasteiger charge is 2.34. The van der Waals surface area contributed by atoms with E-state index in [9.17, 15) is 4.79 Å². The Balaban J connectivity index is 1.71. The van der Waals surface area contributed by atoms with Gasteiger partial charge in [-0.2, -0.15) is 0 Å². The summed E-state index contributed by atoms with van der Waals surface area (Å²) in [7, 11) is 0. The van der Waals surface area contributed by atoms with Crippen LogP contribution in [0.2, 0.25) is 5.02 Å². The molecule has 1 N–H and O–H groups in total. The molecule has 0 spiro atoms. The van der Waals surface area contributed by atoms with Gasteiger partial charge in [0, 0.05) is 23.7 Å². The number of amides is 1. The lowest BCUT2D eigenvalue weighted by atomic mass is 9.88. The molecular formula is C14H17ClN2O. The topological polar surface area (TPSA) is 32.3 Å². The molecule has 2 fully saturated rings. The second-order valence-electron chi connectivity index (χ2n) is 5.23. The van der Waals surface area contributed by atoms with Crippen LogP contribution < -0.4 is 5.32 Å². The summed E-state index contributed by atoms with van der Waals surface area (Å²) in [6.45, 7) is 3.94. The van der Waals surface area contributed by atoms with Crippen molar-refractivity contribution in [1.82, 2.24) is 10.2 Å². The molecule has 4 heteroatoms. The van der Waals surface area contributed by atoms with E-state index >= 15 is 0 Å². The highest BCUT2D eigenvalue weighted by atomic mass is 35.5. The van der Waals surface area contributed by atoms with Crippen molar-refractivity contribution in [1.29, 1.82) is 0 Å². The summed E-state index contributed by atoms with van der Waals surface area (Å²) in [6.07, 6.45) is 1.12. The maximum absolute atomic E-state index is 12.4. The molecule has 0 aromatic heterocycles. The van der Waals surface area contributed by atoms with E-state index in [-0.39, 0.29) is 5.91 Å². The zero-order valence-corrected chi connectivity index (χ0v) is 11.0. The molecule has 0 aliphatic carbocycles. The van der Waals surface area contributed by atoms with Crippen molar-refractivity contribution in [3.63, 3.8) is 0 Å². The Morgan fingerprint density at radius 1 is 1.22 bits per heavy atom. The van der Waals surface area contributed by atoms with Crippen LogP contribution >= 0.6 is 11.6 Å². The largest absolute Gasteiger partial charge is 0.338 e. The van der Waals surface area contributed by atoms with Gasteiger partial charge in [-0.3, -0.25) is 4.79 Å². The van der Waals surface area contributed by atoms with Crippen molar-refractivity contribution in [3.8, 4) is 0 Å². The minimum atomic E-state index is 0.136. The van der Waals surface area contributed by atoms with Gasteiger partial charge in [-0.15, -0.1) is 0 Å². The lowest BCUT2D eigenvalue weighted by Crippen LogP contribution is -2.43. The maximum Gasteiger partial charge on any atom is 0.253 e. The molecule has 0 bridgehead atoms. The van der Waals surface area contributed by atoms with Crippen LogP contribution in [0.3, 0.4) is 0 Å². The summed E-state index contributed by atoms with van der Waals surface area (Å²) >= 11 is 5.84. The second kappa shape index (κ2) is 4.90. The fourth-order valence-electron chi connectivity index (χ4n) is 2.99. The average Bonchev–Trinajstić information content (AvgIpc) is 2.86. The third kappa shape index (κ3) is 2.25. The van der Waals surface area contributed by atoms with Gasteiger partial charge in [0.05, 0.1) is 0 Å². The van der Waals surface area contributed by atoms with Crippen LogP contribution in [0.1, 0.15) is 16.8 Å². The quantitative estimate of drug-likeness (QED) is 0.842. The first-order valence-corrected chi connectivity index (χ1v) is 6.87.